The highest BCUT2D eigenvalue weighted by Crippen LogP contribution is 2.47. The van der Waals surface area contributed by atoms with Gasteiger partial charge in [0.1, 0.15) is 0 Å². The zero-order chi connectivity index (χ0) is 15.7. The maximum atomic E-state index is 12.7. The molecule has 0 atom stereocenters. The first kappa shape index (κ1) is 15.6. The van der Waals surface area contributed by atoms with Crippen LogP contribution in [0.25, 0.3) is 0 Å². The number of nitrogens with two attached hydrogens (primary N) is 1. The molecule has 1 aliphatic rings. The van der Waals surface area contributed by atoms with Crippen LogP contribution in [0.3, 0.4) is 0 Å². The first-order valence-corrected chi connectivity index (χ1v) is 7.47. The quantitative estimate of drug-likeness (QED) is 0.910. The Morgan fingerprint density at radius 2 is 1.90 bits per heavy atom. The van der Waals surface area contributed by atoms with E-state index in [4.69, 9.17) is 10.5 Å². The van der Waals surface area contributed by atoms with E-state index in [9.17, 15) is 9.59 Å². The van der Waals surface area contributed by atoms with Crippen molar-refractivity contribution in [2.24, 2.45) is 11.1 Å². The molecule has 116 valence electrons. The Labute approximate surface area is 125 Å². The van der Waals surface area contributed by atoms with Gasteiger partial charge in [-0.2, -0.15) is 0 Å². The van der Waals surface area contributed by atoms with E-state index in [1.165, 1.54) is 12.5 Å². The maximum absolute atomic E-state index is 12.7. The molecule has 0 radical (unpaired) electrons. The van der Waals surface area contributed by atoms with Crippen LogP contribution in [0, 0.1) is 5.41 Å². The molecule has 0 saturated heterocycles. The number of rotatable bonds is 2. The molecule has 0 aliphatic heterocycles. The minimum Gasteiger partial charge on any atom is -0.405 e. The lowest BCUT2D eigenvalue weighted by Crippen LogP contribution is -2.51. The number of primary amides is 1. The summed E-state index contributed by atoms with van der Waals surface area (Å²) in [6.07, 6.45) is 6.15. The van der Waals surface area contributed by atoms with Crippen molar-refractivity contribution in [3.8, 4) is 5.75 Å². The highest BCUT2D eigenvalue weighted by Gasteiger charge is 2.44. The smallest absolute Gasteiger partial charge is 0.405 e. The molecular formula is C16H24N2O3. The number of pyridine rings is 1. The Kier molecular flexibility index (Phi) is 4.12. The predicted octanol–water partition coefficient (Wildman–Crippen LogP) is 3.01. The fraction of sp³-hybridized carbons (Fsp3) is 0.625. The molecule has 1 fully saturated rings. The number of ether oxygens (including phenoxy) is 1. The monoisotopic (exact) mass is 292 g/mol. The second kappa shape index (κ2) is 5.54. The molecule has 1 aromatic rings. The maximum Gasteiger partial charge on any atom is 0.410 e. The van der Waals surface area contributed by atoms with Gasteiger partial charge in [0, 0.05) is 6.20 Å². The number of aromatic nitrogens is 1. The van der Waals surface area contributed by atoms with Crippen molar-refractivity contribution in [1.82, 2.24) is 4.57 Å². The number of carbonyl (C=O) groups excluding carboxylic acids is 1. The van der Waals surface area contributed by atoms with Gasteiger partial charge in [0.05, 0.1) is 5.54 Å². The number of hydrogen-bond donors (Lipinski definition) is 1. The molecular weight excluding hydrogens is 268 g/mol. The van der Waals surface area contributed by atoms with Crippen molar-refractivity contribution in [2.75, 3.05) is 0 Å². The highest BCUT2D eigenvalue weighted by molar-refractivity contribution is 5.67. The molecule has 2 N–H and O–H groups in total. The molecule has 0 aromatic carbocycles. The van der Waals surface area contributed by atoms with E-state index in [0.717, 1.165) is 25.7 Å². The highest BCUT2D eigenvalue weighted by atomic mass is 16.5. The molecule has 1 saturated carbocycles. The molecule has 1 heterocycles. The summed E-state index contributed by atoms with van der Waals surface area (Å²) in [5.41, 5.74) is 4.43. The Balaban J connectivity index is 2.56. The van der Waals surface area contributed by atoms with Crippen LogP contribution in [0.15, 0.2) is 23.1 Å². The van der Waals surface area contributed by atoms with Gasteiger partial charge in [-0.1, -0.05) is 40.0 Å². The van der Waals surface area contributed by atoms with Gasteiger partial charge in [0.15, 0.2) is 5.75 Å². The third kappa shape index (κ3) is 2.82. The molecule has 5 heteroatoms. The van der Waals surface area contributed by atoms with E-state index in [0.29, 0.717) is 0 Å². The van der Waals surface area contributed by atoms with Gasteiger partial charge in [0.2, 0.25) is 0 Å². The minimum atomic E-state index is -0.960. The third-order valence-corrected chi connectivity index (χ3v) is 4.66. The van der Waals surface area contributed by atoms with E-state index in [1.54, 1.807) is 16.8 Å². The summed E-state index contributed by atoms with van der Waals surface area (Å²) < 4.78 is 6.59. The van der Waals surface area contributed by atoms with E-state index in [2.05, 4.69) is 20.8 Å². The molecule has 2 rings (SSSR count). The van der Waals surface area contributed by atoms with Crippen LogP contribution < -0.4 is 16.0 Å². The summed E-state index contributed by atoms with van der Waals surface area (Å²) in [7, 11) is 0. The molecule has 5 nitrogen and oxygen atoms in total. The van der Waals surface area contributed by atoms with Gasteiger partial charge in [0.25, 0.3) is 5.56 Å². The van der Waals surface area contributed by atoms with Crippen LogP contribution in [-0.2, 0) is 5.54 Å². The third-order valence-electron chi connectivity index (χ3n) is 4.66. The number of nitrogens with zero attached hydrogens (tertiary/aromatic N) is 1. The van der Waals surface area contributed by atoms with E-state index >= 15 is 0 Å². The van der Waals surface area contributed by atoms with Crippen molar-refractivity contribution in [3.05, 3.63) is 28.7 Å². The lowest BCUT2D eigenvalue weighted by atomic mass is 9.65. The number of amides is 1. The van der Waals surface area contributed by atoms with Crippen molar-refractivity contribution < 1.29 is 9.53 Å². The van der Waals surface area contributed by atoms with Crippen LogP contribution in [-0.4, -0.2) is 10.7 Å². The standard InChI is InChI=1S/C16H24N2O3/c1-15(2,3)16(9-5-4-6-10-16)18-11-7-8-12(13(18)19)21-14(17)20/h7-8,11H,4-6,9-10H2,1-3H3,(H2,17,20). The van der Waals surface area contributed by atoms with Crippen molar-refractivity contribution >= 4 is 6.09 Å². The first-order chi connectivity index (χ1) is 9.78. The summed E-state index contributed by atoms with van der Waals surface area (Å²) in [6.45, 7) is 6.48. The summed E-state index contributed by atoms with van der Waals surface area (Å²) in [5.74, 6) is -0.000742. The zero-order valence-electron chi connectivity index (χ0n) is 13.0. The normalized spacial score (nSPS) is 18.2. The first-order valence-electron chi connectivity index (χ1n) is 7.47. The number of carbonyl (C=O) groups is 1. The van der Waals surface area contributed by atoms with Gasteiger partial charge in [-0.05, 0) is 30.4 Å². The Bertz CT molecular complexity index is 578. The Hall–Kier alpha value is -1.78. The van der Waals surface area contributed by atoms with Gasteiger partial charge in [-0.15, -0.1) is 0 Å². The van der Waals surface area contributed by atoms with Gasteiger partial charge < -0.3 is 15.0 Å². The largest absolute Gasteiger partial charge is 0.410 e. The molecule has 0 unspecified atom stereocenters. The zero-order valence-corrected chi connectivity index (χ0v) is 13.0. The van der Waals surface area contributed by atoms with Crippen LogP contribution in [0.2, 0.25) is 0 Å². The molecule has 1 aliphatic carbocycles. The second-order valence-corrected chi connectivity index (χ2v) is 6.81. The molecule has 1 amide bonds. The summed E-state index contributed by atoms with van der Waals surface area (Å²) in [4.78, 5) is 23.6. The topological polar surface area (TPSA) is 74.3 Å². The van der Waals surface area contributed by atoms with Crippen molar-refractivity contribution in [2.45, 2.75) is 58.4 Å². The van der Waals surface area contributed by atoms with E-state index in [-0.39, 0.29) is 22.3 Å². The van der Waals surface area contributed by atoms with Crippen LogP contribution >= 0.6 is 0 Å². The van der Waals surface area contributed by atoms with E-state index < -0.39 is 6.09 Å². The van der Waals surface area contributed by atoms with Gasteiger partial charge in [-0.25, -0.2) is 4.79 Å². The summed E-state index contributed by atoms with van der Waals surface area (Å²) in [5, 5.41) is 0. The fourth-order valence-electron chi connectivity index (χ4n) is 3.49. The van der Waals surface area contributed by atoms with Gasteiger partial charge >= 0.3 is 6.09 Å². The van der Waals surface area contributed by atoms with Crippen LogP contribution in [0.5, 0.6) is 5.75 Å². The predicted molar refractivity (Wildman–Crippen MR) is 81.4 cm³/mol. The summed E-state index contributed by atoms with van der Waals surface area (Å²) >= 11 is 0. The minimum absolute atomic E-state index is 0.000742. The SMILES string of the molecule is CC(C)(C)C1(n2cccc(OC(N)=O)c2=O)CCCCC1. The molecule has 0 spiro atoms. The average Bonchev–Trinajstić information content (AvgIpc) is 2.40. The average molecular weight is 292 g/mol. The van der Waals surface area contributed by atoms with E-state index in [1.807, 2.05) is 0 Å². The van der Waals surface area contributed by atoms with Gasteiger partial charge in [-0.3, -0.25) is 4.79 Å². The lowest BCUT2D eigenvalue weighted by molar-refractivity contribution is 0.0466. The second-order valence-electron chi connectivity index (χ2n) is 6.81. The number of hydrogen-bond acceptors (Lipinski definition) is 3. The fourth-order valence-corrected chi connectivity index (χ4v) is 3.49. The summed E-state index contributed by atoms with van der Waals surface area (Å²) in [6, 6.07) is 3.23. The molecule has 1 aromatic heterocycles. The van der Waals surface area contributed by atoms with Crippen molar-refractivity contribution in [1.29, 1.82) is 0 Å². The van der Waals surface area contributed by atoms with Crippen LogP contribution in [0.4, 0.5) is 4.79 Å². The Morgan fingerprint density at radius 3 is 2.43 bits per heavy atom. The Morgan fingerprint density at radius 1 is 1.29 bits per heavy atom. The van der Waals surface area contributed by atoms with Crippen LogP contribution in [0.1, 0.15) is 52.9 Å². The lowest BCUT2D eigenvalue weighted by Gasteiger charge is -2.49. The van der Waals surface area contributed by atoms with Crippen molar-refractivity contribution in [3.63, 3.8) is 0 Å². The molecule has 0 bridgehead atoms. The molecule has 21 heavy (non-hydrogen) atoms.